The van der Waals surface area contributed by atoms with E-state index in [0.717, 1.165) is 12.5 Å². The van der Waals surface area contributed by atoms with Crippen LogP contribution in [0.15, 0.2) is 0 Å². The number of nitrogens with one attached hydrogen (secondary N) is 1. The van der Waals surface area contributed by atoms with Crippen molar-refractivity contribution in [3.8, 4) is 0 Å². The lowest BCUT2D eigenvalue weighted by molar-refractivity contribution is 0.155. The summed E-state index contributed by atoms with van der Waals surface area (Å²) in [5, 5.41) is 11.7. The highest BCUT2D eigenvalue weighted by molar-refractivity contribution is 4.75. The van der Waals surface area contributed by atoms with Gasteiger partial charge in [0.15, 0.2) is 0 Å². The summed E-state index contributed by atoms with van der Waals surface area (Å²) in [6, 6.07) is 0. The van der Waals surface area contributed by atoms with Gasteiger partial charge in [0, 0.05) is 6.54 Å². The highest BCUT2D eigenvalue weighted by Crippen LogP contribution is 2.27. The molecule has 0 radical (unpaired) electrons. The van der Waals surface area contributed by atoms with Gasteiger partial charge in [-0.25, -0.2) is 0 Å². The molecule has 1 aliphatic carbocycles. The van der Waals surface area contributed by atoms with Crippen LogP contribution >= 0.6 is 0 Å². The molecule has 0 aromatic heterocycles. The Bertz CT molecular complexity index is 66.9. The van der Waals surface area contributed by atoms with Gasteiger partial charge in [0.05, 0.1) is 0 Å². The van der Waals surface area contributed by atoms with E-state index in [-0.39, 0.29) is 6.23 Å². The van der Waals surface area contributed by atoms with Crippen LogP contribution in [0, 0.1) is 5.92 Å². The summed E-state index contributed by atoms with van der Waals surface area (Å²) in [7, 11) is 0. The van der Waals surface area contributed by atoms with E-state index in [1.54, 1.807) is 6.92 Å². The fraction of sp³-hybridized carbons (Fsp3) is 1.00. The average molecular weight is 115 g/mol. The second kappa shape index (κ2) is 2.46. The molecule has 1 atom stereocenters. The van der Waals surface area contributed by atoms with E-state index in [0.29, 0.717) is 0 Å². The second-order valence-electron chi connectivity index (χ2n) is 2.53. The number of rotatable bonds is 3. The molecular weight excluding hydrogens is 102 g/mol. The third kappa shape index (κ3) is 2.28. The van der Waals surface area contributed by atoms with Crippen molar-refractivity contribution in [3.63, 3.8) is 0 Å². The fourth-order valence-electron chi connectivity index (χ4n) is 0.659. The van der Waals surface area contributed by atoms with Gasteiger partial charge in [0.25, 0.3) is 0 Å². The molecule has 0 saturated heterocycles. The molecule has 1 aliphatic rings. The summed E-state index contributed by atoms with van der Waals surface area (Å²) in [6.45, 7) is 2.75. The second-order valence-corrected chi connectivity index (χ2v) is 2.53. The van der Waals surface area contributed by atoms with Crippen molar-refractivity contribution in [2.75, 3.05) is 6.54 Å². The zero-order chi connectivity index (χ0) is 5.98. The number of hydrogen-bond acceptors (Lipinski definition) is 2. The first kappa shape index (κ1) is 6.05. The maximum Gasteiger partial charge on any atom is 0.102 e. The molecule has 0 spiro atoms. The van der Waals surface area contributed by atoms with Gasteiger partial charge in [-0.2, -0.15) is 0 Å². The minimum absolute atomic E-state index is 0.324. The Balaban J connectivity index is 1.87. The molecule has 2 heteroatoms. The Morgan fingerprint density at radius 1 is 1.75 bits per heavy atom. The van der Waals surface area contributed by atoms with Crippen molar-refractivity contribution in [1.29, 1.82) is 0 Å². The van der Waals surface area contributed by atoms with E-state index in [1.807, 2.05) is 0 Å². The van der Waals surface area contributed by atoms with E-state index in [1.165, 1.54) is 12.8 Å². The van der Waals surface area contributed by atoms with Gasteiger partial charge in [-0.3, -0.25) is 5.32 Å². The third-order valence-corrected chi connectivity index (χ3v) is 1.40. The Labute approximate surface area is 49.9 Å². The van der Waals surface area contributed by atoms with Crippen molar-refractivity contribution in [2.45, 2.75) is 26.0 Å². The van der Waals surface area contributed by atoms with Gasteiger partial charge >= 0.3 is 0 Å². The van der Waals surface area contributed by atoms with Crippen LogP contribution in [0.2, 0.25) is 0 Å². The molecule has 2 N–H and O–H groups in total. The lowest BCUT2D eigenvalue weighted by Gasteiger charge is -2.03. The van der Waals surface area contributed by atoms with Crippen molar-refractivity contribution in [2.24, 2.45) is 5.92 Å². The topological polar surface area (TPSA) is 32.3 Å². The smallest absolute Gasteiger partial charge is 0.102 e. The van der Waals surface area contributed by atoms with Gasteiger partial charge in [-0.15, -0.1) is 0 Å². The minimum Gasteiger partial charge on any atom is -0.379 e. The van der Waals surface area contributed by atoms with Crippen LogP contribution in [0.5, 0.6) is 0 Å². The number of aliphatic hydroxyl groups is 1. The third-order valence-electron chi connectivity index (χ3n) is 1.40. The Hall–Kier alpha value is -0.0800. The van der Waals surface area contributed by atoms with Crippen LogP contribution in [-0.4, -0.2) is 17.9 Å². The van der Waals surface area contributed by atoms with Gasteiger partial charge in [-0.05, 0) is 25.7 Å². The molecule has 1 fully saturated rings. The Morgan fingerprint density at radius 2 is 2.38 bits per heavy atom. The first-order valence-corrected chi connectivity index (χ1v) is 3.20. The van der Waals surface area contributed by atoms with E-state index in [2.05, 4.69) is 5.32 Å². The normalized spacial score (nSPS) is 23.2. The van der Waals surface area contributed by atoms with Crippen LogP contribution in [-0.2, 0) is 0 Å². The van der Waals surface area contributed by atoms with Crippen LogP contribution in [0.25, 0.3) is 0 Å². The Kier molecular flexibility index (Phi) is 1.86. The van der Waals surface area contributed by atoms with Crippen molar-refractivity contribution >= 4 is 0 Å². The predicted molar refractivity (Wildman–Crippen MR) is 32.4 cm³/mol. The van der Waals surface area contributed by atoms with Gasteiger partial charge in [-0.1, -0.05) is 0 Å². The summed E-state index contributed by atoms with van der Waals surface area (Å²) in [5.74, 6) is 0.865. The molecule has 0 bridgehead atoms. The van der Waals surface area contributed by atoms with Crippen molar-refractivity contribution < 1.29 is 5.11 Å². The first-order valence-electron chi connectivity index (χ1n) is 3.20. The quantitative estimate of drug-likeness (QED) is 0.519. The number of aliphatic hydroxyl groups excluding tert-OH is 1. The van der Waals surface area contributed by atoms with E-state index in [4.69, 9.17) is 5.11 Å². The molecule has 2 nitrogen and oxygen atoms in total. The molecule has 0 aliphatic heterocycles. The lowest BCUT2D eigenvalue weighted by Crippen LogP contribution is -2.27. The van der Waals surface area contributed by atoms with Gasteiger partial charge in [0.2, 0.25) is 0 Å². The summed E-state index contributed by atoms with van der Waals surface area (Å²) >= 11 is 0. The summed E-state index contributed by atoms with van der Waals surface area (Å²) in [6.07, 6.45) is 2.37. The van der Waals surface area contributed by atoms with Crippen molar-refractivity contribution in [1.82, 2.24) is 5.32 Å². The molecule has 0 amide bonds. The van der Waals surface area contributed by atoms with Crippen LogP contribution in [0.1, 0.15) is 19.8 Å². The average Bonchev–Trinajstić information content (AvgIpc) is 2.41. The summed E-state index contributed by atoms with van der Waals surface area (Å²) in [4.78, 5) is 0. The van der Waals surface area contributed by atoms with E-state index < -0.39 is 0 Å². The lowest BCUT2D eigenvalue weighted by atomic mass is 10.4. The molecule has 0 aromatic rings. The monoisotopic (exact) mass is 115 g/mol. The zero-order valence-corrected chi connectivity index (χ0v) is 5.22. The predicted octanol–water partition coefficient (Wildman–Crippen LogP) is 0.324. The molecule has 8 heavy (non-hydrogen) atoms. The summed E-state index contributed by atoms with van der Waals surface area (Å²) in [5.41, 5.74) is 0. The molecule has 1 unspecified atom stereocenters. The zero-order valence-electron chi connectivity index (χ0n) is 5.22. The maximum absolute atomic E-state index is 8.72. The highest BCUT2D eigenvalue weighted by Gasteiger charge is 2.20. The Morgan fingerprint density at radius 3 is 2.75 bits per heavy atom. The molecular formula is C6H13NO. The van der Waals surface area contributed by atoms with E-state index in [9.17, 15) is 0 Å². The van der Waals surface area contributed by atoms with Gasteiger partial charge < -0.3 is 5.11 Å². The largest absolute Gasteiger partial charge is 0.379 e. The molecule has 1 rings (SSSR count). The first-order chi connectivity index (χ1) is 3.79. The highest BCUT2D eigenvalue weighted by atomic mass is 16.3. The maximum atomic E-state index is 8.72. The molecule has 0 heterocycles. The summed E-state index contributed by atoms with van der Waals surface area (Å²) < 4.78 is 0. The standard InChI is InChI=1S/C6H13NO/c1-5(8)7-4-6-2-3-6/h5-8H,2-4H2,1H3. The molecule has 0 aromatic carbocycles. The van der Waals surface area contributed by atoms with Gasteiger partial charge in [0.1, 0.15) is 6.23 Å². The fourth-order valence-corrected chi connectivity index (χ4v) is 0.659. The molecule has 48 valence electrons. The SMILES string of the molecule is CC(O)NCC1CC1. The van der Waals surface area contributed by atoms with Crippen LogP contribution in [0.4, 0.5) is 0 Å². The minimum atomic E-state index is -0.324. The molecule has 1 saturated carbocycles. The van der Waals surface area contributed by atoms with Crippen LogP contribution in [0.3, 0.4) is 0 Å². The van der Waals surface area contributed by atoms with E-state index >= 15 is 0 Å². The van der Waals surface area contributed by atoms with Crippen molar-refractivity contribution in [3.05, 3.63) is 0 Å². The number of hydrogen-bond donors (Lipinski definition) is 2. The van der Waals surface area contributed by atoms with Crippen LogP contribution < -0.4 is 5.32 Å².